The number of anilines is 1. The highest BCUT2D eigenvalue weighted by Crippen LogP contribution is 2.38. The lowest BCUT2D eigenvalue weighted by molar-refractivity contribution is 0.291. The largest absolute Gasteiger partial charge is 0.497 e. The van der Waals surface area contributed by atoms with Crippen molar-refractivity contribution in [2.24, 2.45) is 0 Å². The molecule has 1 aliphatic heterocycles. The van der Waals surface area contributed by atoms with Gasteiger partial charge in [-0.2, -0.15) is 5.32 Å². The molecule has 0 fully saturated rings. The van der Waals surface area contributed by atoms with Crippen LogP contribution in [0.15, 0.2) is 89.5 Å². The molecule has 2 heterocycles. The van der Waals surface area contributed by atoms with Crippen molar-refractivity contribution in [1.29, 1.82) is 0 Å². The second-order valence-electron chi connectivity index (χ2n) is 17.5. The summed E-state index contributed by atoms with van der Waals surface area (Å²) in [5.74, 6) is 1.74. The number of benzene rings is 4. The fourth-order valence-corrected chi connectivity index (χ4v) is 8.25. The number of nitrogens with zero attached hydrogens (tertiary/aromatic N) is 3. The molecule has 0 bridgehead atoms. The minimum Gasteiger partial charge on any atom is -0.497 e. The molecule has 0 atom stereocenters. The molecule has 1 aromatic heterocycles. The average Bonchev–Trinajstić information content (AvgIpc) is 3.84. The quantitative estimate of drug-likeness (QED) is 0.106. The first-order valence-corrected chi connectivity index (χ1v) is 26.5. The predicted octanol–water partition coefficient (Wildman–Crippen LogP) is 14.2. The zero-order valence-electron chi connectivity index (χ0n) is 36.8. The fraction of sp³-hybridized carbons (Fsp3) is 0.375. The molecule has 0 aliphatic carbocycles. The number of fused-ring (bicyclic) bond motifs is 2. The molecule has 0 saturated carbocycles. The van der Waals surface area contributed by atoms with Crippen LogP contribution in [0.2, 0.25) is 36.3 Å². The molecule has 8 nitrogen and oxygen atoms in total. The van der Waals surface area contributed by atoms with E-state index in [1.54, 1.807) is 20.3 Å². The second kappa shape index (κ2) is 20.0. The second-order valence-corrected chi connectivity index (χ2v) is 28.0. The molecule has 0 amide bonds. The molecule has 0 unspecified atom stereocenters. The van der Waals surface area contributed by atoms with Crippen molar-refractivity contribution in [2.75, 3.05) is 32.8 Å². The summed E-state index contributed by atoms with van der Waals surface area (Å²) in [6.45, 7) is 38.2. The van der Waals surface area contributed by atoms with E-state index in [1.165, 1.54) is 11.1 Å². The number of rotatable bonds is 11. The van der Waals surface area contributed by atoms with Crippen molar-refractivity contribution in [3.05, 3.63) is 135 Å². The summed E-state index contributed by atoms with van der Waals surface area (Å²) in [5, 5.41) is 4.47. The van der Waals surface area contributed by atoms with E-state index in [0.717, 1.165) is 63.3 Å². The van der Waals surface area contributed by atoms with Gasteiger partial charge < -0.3 is 22.9 Å². The first kappa shape index (κ1) is 47.0. The van der Waals surface area contributed by atoms with Crippen LogP contribution in [-0.4, -0.2) is 48.6 Å². The Morgan fingerprint density at radius 1 is 0.695 bits per heavy atom. The maximum atomic E-state index is 7.23. The van der Waals surface area contributed by atoms with Crippen LogP contribution < -0.4 is 14.8 Å². The van der Waals surface area contributed by atoms with E-state index in [9.17, 15) is 0 Å². The van der Waals surface area contributed by atoms with Crippen LogP contribution in [0.4, 0.5) is 17.1 Å². The first-order chi connectivity index (χ1) is 27.7. The van der Waals surface area contributed by atoms with Crippen molar-refractivity contribution >= 4 is 66.6 Å². The predicted molar refractivity (Wildman–Crippen MR) is 255 cm³/mol. The van der Waals surface area contributed by atoms with E-state index < -0.39 is 16.6 Å². The fourth-order valence-electron chi connectivity index (χ4n) is 5.71. The van der Waals surface area contributed by atoms with Gasteiger partial charge in [-0.15, -0.1) is 0 Å². The van der Waals surface area contributed by atoms with Gasteiger partial charge in [0, 0.05) is 41.7 Å². The number of halogens is 1. The molecule has 11 heteroatoms. The van der Waals surface area contributed by atoms with E-state index in [1.807, 2.05) is 54.6 Å². The molecule has 0 spiro atoms. The normalized spacial score (nSPS) is 12.1. The maximum Gasteiger partial charge on any atom is 0.203 e. The van der Waals surface area contributed by atoms with Gasteiger partial charge in [0.25, 0.3) is 0 Å². The lowest BCUT2D eigenvalue weighted by Gasteiger charge is -2.36. The van der Waals surface area contributed by atoms with Crippen LogP contribution >= 0.6 is 15.9 Å². The van der Waals surface area contributed by atoms with Gasteiger partial charge in [0.2, 0.25) is 5.69 Å². The molecule has 6 rings (SSSR count). The van der Waals surface area contributed by atoms with E-state index in [2.05, 4.69) is 140 Å². The van der Waals surface area contributed by atoms with E-state index in [0.29, 0.717) is 18.0 Å². The Kier molecular flexibility index (Phi) is 15.9. The van der Waals surface area contributed by atoms with Gasteiger partial charge in [-0.05, 0) is 126 Å². The SMILES string of the molecule is COc1ccc(Br)c(CCO[Si](C)(C)C(C)(C)C)c1.[C-]#[N+]c1ccc2c(c1)C=[C+]N2.[C-]#[N+]c1ccc2c(ccn2-c2ccc(OC)cc2CCO[Si](C)(C)C(C)(C)C)c1. The third kappa shape index (κ3) is 12.4. The molecular weight excluding hydrogens is 833 g/mol. The Labute approximate surface area is 363 Å². The summed E-state index contributed by atoms with van der Waals surface area (Å²) >= 11 is 3.58. The van der Waals surface area contributed by atoms with Crippen LogP contribution in [0.1, 0.15) is 58.2 Å². The standard InChI is InChI=1S/C24H30N2O2Si.C15H25BrO2Si.C9H5N2/c1-24(2,3)29(6,7)28-15-13-19-17-21(27-5)9-11-23(19)26-14-12-18-16-20(25-4)8-10-22(18)26;1-15(2,3)19(5,6)18-10-9-12-11-13(17-4)7-8-14(12)16;1-10-8-2-3-9-7(6-8)4-5-11-9/h8-12,14,16-17H,13,15H2,1-3,5-7H3;7-8,11H,9-10H2,1-6H3;2-4,6,11H/q;;+1. The summed E-state index contributed by atoms with van der Waals surface area (Å²) in [6, 6.07) is 25.7. The molecule has 59 heavy (non-hydrogen) atoms. The Morgan fingerprint density at radius 2 is 1.24 bits per heavy atom. The molecular formula is C48H60BrN4O4Si2+. The number of hydrogen-bond acceptors (Lipinski definition) is 5. The van der Waals surface area contributed by atoms with E-state index in [4.69, 9.17) is 31.5 Å². The average molecular weight is 893 g/mol. The molecule has 1 N–H and O–H groups in total. The third-order valence-electron chi connectivity index (χ3n) is 11.5. The molecule has 0 radical (unpaired) electrons. The van der Waals surface area contributed by atoms with Gasteiger partial charge >= 0.3 is 0 Å². The van der Waals surface area contributed by atoms with Crippen LogP contribution in [0.5, 0.6) is 11.5 Å². The lowest BCUT2D eigenvalue weighted by Crippen LogP contribution is -2.41. The highest BCUT2D eigenvalue weighted by atomic mass is 79.9. The maximum absolute atomic E-state index is 7.23. The third-order valence-corrected chi connectivity index (χ3v) is 21.3. The lowest BCUT2D eigenvalue weighted by atomic mass is 10.1. The molecule has 0 saturated heterocycles. The van der Waals surface area contributed by atoms with Crippen molar-refractivity contribution < 1.29 is 18.3 Å². The Morgan fingerprint density at radius 3 is 1.81 bits per heavy atom. The minimum atomic E-state index is -1.78. The monoisotopic (exact) mass is 891 g/mol. The summed E-state index contributed by atoms with van der Waals surface area (Å²) in [4.78, 5) is 6.86. The minimum absolute atomic E-state index is 0.196. The van der Waals surface area contributed by atoms with Gasteiger partial charge in [-0.1, -0.05) is 63.5 Å². The van der Waals surface area contributed by atoms with Gasteiger partial charge in [0.05, 0.1) is 32.9 Å². The van der Waals surface area contributed by atoms with E-state index >= 15 is 0 Å². The highest BCUT2D eigenvalue weighted by Gasteiger charge is 2.37. The Hall–Kier alpha value is -4.72. The van der Waals surface area contributed by atoms with Gasteiger partial charge in [0.1, 0.15) is 29.3 Å². The Bertz CT molecular complexity index is 2320. The molecule has 4 aromatic carbocycles. The number of nitrogens with one attached hydrogen (secondary N) is 1. The smallest absolute Gasteiger partial charge is 0.203 e. The molecule has 310 valence electrons. The van der Waals surface area contributed by atoms with Crippen molar-refractivity contribution in [3.63, 3.8) is 0 Å². The summed E-state index contributed by atoms with van der Waals surface area (Å²) < 4.78 is 26.7. The van der Waals surface area contributed by atoms with Gasteiger partial charge in [0.15, 0.2) is 28.0 Å². The van der Waals surface area contributed by atoms with Crippen LogP contribution in [-0.2, 0) is 21.7 Å². The van der Waals surface area contributed by atoms with Crippen LogP contribution in [0, 0.1) is 19.3 Å². The summed E-state index contributed by atoms with van der Waals surface area (Å²) in [6.07, 6.45) is 8.49. The van der Waals surface area contributed by atoms with Gasteiger partial charge in [-0.25, -0.2) is 9.69 Å². The summed E-state index contributed by atoms with van der Waals surface area (Å²) in [5.41, 5.74) is 8.03. The number of aromatic nitrogens is 1. The molecule has 5 aromatic rings. The Balaban J connectivity index is 0.000000218. The zero-order chi connectivity index (χ0) is 43.6. The van der Waals surface area contributed by atoms with Crippen molar-refractivity contribution in [1.82, 2.24) is 4.57 Å². The van der Waals surface area contributed by atoms with E-state index in [-0.39, 0.29) is 10.1 Å². The number of methoxy groups -OCH3 is 2. The summed E-state index contributed by atoms with van der Waals surface area (Å²) in [7, 11) is -0.0395. The first-order valence-electron chi connectivity index (χ1n) is 19.9. The zero-order valence-corrected chi connectivity index (χ0v) is 40.4. The number of ether oxygens (including phenoxy) is 2. The van der Waals surface area contributed by atoms with Crippen LogP contribution in [0.3, 0.4) is 0 Å². The van der Waals surface area contributed by atoms with Crippen molar-refractivity contribution in [3.8, 4) is 17.2 Å². The topological polar surface area (TPSA) is 62.6 Å². The van der Waals surface area contributed by atoms with Crippen LogP contribution in [0.25, 0.3) is 32.4 Å². The number of hydrogen-bond donors (Lipinski definition) is 1. The highest BCUT2D eigenvalue weighted by molar-refractivity contribution is 9.10. The van der Waals surface area contributed by atoms with Crippen molar-refractivity contribution in [2.45, 2.75) is 90.6 Å². The molecule has 1 aliphatic rings. The van der Waals surface area contributed by atoms with Gasteiger partial charge in [-0.3, -0.25) is 0 Å².